The zero-order chi connectivity index (χ0) is 14.1. The number of methoxy groups -OCH3 is 1. The van der Waals surface area contributed by atoms with Gasteiger partial charge in [0.25, 0.3) is 5.91 Å². The smallest absolute Gasteiger partial charge is 0.310 e. The Labute approximate surface area is 118 Å². The number of carbonyl (C=O) groups excluding carboxylic acids is 2. The number of benzene rings is 1. The Morgan fingerprint density at radius 1 is 1.30 bits per heavy atom. The molecule has 2 aliphatic heterocycles. The van der Waals surface area contributed by atoms with Crippen molar-refractivity contribution in [3.8, 4) is 0 Å². The fourth-order valence-electron chi connectivity index (χ4n) is 2.99. The minimum atomic E-state index is -0.224. The van der Waals surface area contributed by atoms with E-state index in [1.54, 1.807) is 4.90 Å². The van der Waals surface area contributed by atoms with Gasteiger partial charge in [-0.25, -0.2) is 0 Å². The van der Waals surface area contributed by atoms with Crippen LogP contribution in [0.5, 0.6) is 0 Å². The van der Waals surface area contributed by atoms with Gasteiger partial charge in [0.1, 0.15) is 0 Å². The first-order valence-corrected chi connectivity index (χ1v) is 6.86. The SMILES string of the molecule is COC(=O)[C@H]1CC[C@H]2C=Cc3ccccc3C(=O)N2C1. The maximum atomic E-state index is 12.7. The highest BCUT2D eigenvalue weighted by atomic mass is 16.5. The molecule has 1 aromatic rings. The van der Waals surface area contributed by atoms with Crippen LogP contribution in [-0.4, -0.2) is 36.5 Å². The predicted molar refractivity (Wildman–Crippen MR) is 75.0 cm³/mol. The summed E-state index contributed by atoms with van der Waals surface area (Å²) >= 11 is 0. The molecule has 3 rings (SSSR count). The minimum absolute atomic E-state index is 0.00389. The number of rotatable bonds is 1. The molecule has 104 valence electrons. The second kappa shape index (κ2) is 5.12. The van der Waals surface area contributed by atoms with Gasteiger partial charge in [-0.05, 0) is 24.5 Å². The highest BCUT2D eigenvalue weighted by Crippen LogP contribution is 2.29. The highest BCUT2D eigenvalue weighted by molar-refractivity contribution is 5.99. The van der Waals surface area contributed by atoms with Crippen LogP contribution in [0.4, 0.5) is 0 Å². The molecule has 1 fully saturated rings. The second-order valence-electron chi connectivity index (χ2n) is 5.27. The van der Waals surface area contributed by atoms with E-state index in [1.165, 1.54) is 7.11 Å². The Hall–Kier alpha value is -2.10. The summed E-state index contributed by atoms with van der Waals surface area (Å²) in [5, 5.41) is 0. The Morgan fingerprint density at radius 3 is 2.90 bits per heavy atom. The summed E-state index contributed by atoms with van der Waals surface area (Å²) < 4.78 is 4.81. The Balaban J connectivity index is 1.92. The average Bonchev–Trinajstić information content (AvgIpc) is 2.64. The summed E-state index contributed by atoms with van der Waals surface area (Å²) in [4.78, 5) is 26.2. The van der Waals surface area contributed by atoms with Gasteiger partial charge in [-0.15, -0.1) is 0 Å². The molecule has 4 nitrogen and oxygen atoms in total. The molecule has 2 aliphatic rings. The summed E-state index contributed by atoms with van der Waals surface area (Å²) in [5.74, 6) is -0.430. The first kappa shape index (κ1) is 12.9. The van der Waals surface area contributed by atoms with Crippen LogP contribution >= 0.6 is 0 Å². The fraction of sp³-hybridized carbons (Fsp3) is 0.375. The van der Waals surface area contributed by atoms with E-state index in [2.05, 4.69) is 6.08 Å². The van der Waals surface area contributed by atoms with Gasteiger partial charge in [-0.3, -0.25) is 9.59 Å². The average molecular weight is 271 g/mol. The number of piperidine rings is 1. The minimum Gasteiger partial charge on any atom is -0.469 e. The summed E-state index contributed by atoms with van der Waals surface area (Å²) in [5.41, 5.74) is 1.65. The molecule has 0 radical (unpaired) electrons. The molecule has 0 aliphatic carbocycles. The van der Waals surface area contributed by atoms with E-state index in [9.17, 15) is 9.59 Å². The van der Waals surface area contributed by atoms with Crippen molar-refractivity contribution in [2.24, 2.45) is 5.92 Å². The van der Waals surface area contributed by atoms with Crippen LogP contribution in [-0.2, 0) is 9.53 Å². The molecule has 0 aromatic heterocycles. The number of hydrogen-bond acceptors (Lipinski definition) is 3. The van der Waals surface area contributed by atoms with E-state index in [4.69, 9.17) is 4.74 Å². The van der Waals surface area contributed by atoms with Gasteiger partial charge in [0.15, 0.2) is 0 Å². The van der Waals surface area contributed by atoms with Crippen LogP contribution in [0.15, 0.2) is 30.3 Å². The van der Waals surface area contributed by atoms with Gasteiger partial charge >= 0.3 is 5.97 Å². The molecule has 2 heterocycles. The van der Waals surface area contributed by atoms with Crippen LogP contribution in [0.25, 0.3) is 6.08 Å². The molecule has 1 saturated heterocycles. The lowest BCUT2D eigenvalue weighted by Crippen LogP contribution is -2.47. The Morgan fingerprint density at radius 2 is 2.10 bits per heavy atom. The number of fused-ring (bicyclic) bond motifs is 2. The number of ether oxygens (including phenoxy) is 1. The van der Waals surface area contributed by atoms with Gasteiger partial charge in [0, 0.05) is 12.1 Å². The van der Waals surface area contributed by atoms with Crippen LogP contribution in [0.3, 0.4) is 0 Å². The van der Waals surface area contributed by atoms with Crippen molar-refractivity contribution in [2.45, 2.75) is 18.9 Å². The molecule has 1 aromatic carbocycles. The Kier molecular flexibility index (Phi) is 3.30. The lowest BCUT2D eigenvalue weighted by atomic mass is 9.92. The van der Waals surface area contributed by atoms with E-state index in [0.29, 0.717) is 12.1 Å². The monoisotopic (exact) mass is 271 g/mol. The largest absolute Gasteiger partial charge is 0.469 e. The molecule has 20 heavy (non-hydrogen) atoms. The van der Waals surface area contributed by atoms with Crippen molar-refractivity contribution >= 4 is 18.0 Å². The number of hydrogen-bond donors (Lipinski definition) is 0. The van der Waals surface area contributed by atoms with Crippen molar-refractivity contribution in [1.82, 2.24) is 4.90 Å². The zero-order valence-corrected chi connectivity index (χ0v) is 11.4. The number of esters is 1. The first-order chi connectivity index (χ1) is 9.70. The summed E-state index contributed by atoms with van der Waals surface area (Å²) in [6.07, 6.45) is 5.64. The van der Waals surface area contributed by atoms with Gasteiger partial charge in [-0.2, -0.15) is 0 Å². The molecular weight excluding hydrogens is 254 g/mol. The summed E-state index contributed by atoms with van der Waals surface area (Å²) in [6.45, 7) is 0.439. The summed E-state index contributed by atoms with van der Waals surface area (Å²) in [6, 6.07) is 7.66. The van der Waals surface area contributed by atoms with Crippen molar-refractivity contribution in [3.63, 3.8) is 0 Å². The van der Waals surface area contributed by atoms with E-state index in [0.717, 1.165) is 18.4 Å². The molecule has 4 heteroatoms. The Bertz CT molecular complexity index is 579. The number of amides is 1. The topological polar surface area (TPSA) is 46.6 Å². The van der Waals surface area contributed by atoms with Gasteiger partial charge < -0.3 is 9.64 Å². The third kappa shape index (κ3) is 2.11. The molecule has 1 amide bonds. The van der Waals surface area contributed by atoms with E-state index >= 15 is 0 Å². The van der Waals surface area contributed by atoms with Crippen molar-refractivity contribution < 1.29 is 14.3 Å². The standard InChI is InChI=1S/C16H17NO3/c1-20-16(19)12-7-9-13-8-6-11-4-2-3-5-14(11)15(18)17(13)10-12/h2-6,8,12-13H,7,9-10H2,1H3/t12-,13+/m0/s1. The van der Waals surface area contributed by atoms with Gasteiger partial charge in [0.05, 0.1) is 19.1 Å². The highest BCUT2D eigenvalue weighted by Gasteiger charge is 2.36. The second-order valence-corrected chi connectivity index (χ2v) is 5.27. The molecule has 0 saturated carbocycles. The van der Waals surface area contributed by atoms with E-state index < -0.39 is 0 Å². The van der Waals surface area contributed by atoms with E-state index in [1.807, 2.05) is 30.3 Å². The molecule has 0 bridgehead atoms. The van der Waals surface area contributed by atoms with Crippen LogP contribution in [0.1, 0.15) is 28.8 Å². The molecule has 2 atom stereocenters. The van der Waals surface area contributed by atoms with Crippen molar-refractivity contribution in [1.29, 1.82) is 0 Å². The third-order valence-corrected chi connectivity index (χ3v) is 4.11. The summed E-state index contributed by atoms with van der Waals surface area (Å²) in [7, 11) is 1.40. The lowest BCUT2D eigenvalue weighted by Gasteiger charge is -2.36. The predicted octanol–water partition coefficient (Wildman–Crippen LogP) is 2.11. The van der Waals surface area contributed by atoms with Crippen LogP contribution < -0.4 is 0 Å². The lowest BCUT2D eigenvalue weighted by molar-refractivity contribution is -0.147. The first-order valence-electron chi connectivity index (χ1n) is 6.86. The maximum Gasteiger partial charge on any atom is 0.310 e. The quantitative estimate of drug-likeness (QED) is 0.735. The maximum absolute atomic E-state index is 12.7. The number of nitrogens with zero attached hydrogens (tertiary/aromatic N) is 1. The normalized spacial score (nSPS) is 24.6. The molecule has 0 N–H and O–H groups in total. The van der Waals surface area contributed by atoms with Crippen LogP contribution in [0.2, 0.25) is 0 Å². The molecule has 0 unspecified atom stereocenters. The van der Waals surface area contributed by atoms with E-state index in [-0.39, 0.29) is 23.8 Å². The van der Waals surface area contributed by atoms with Crippen molar-refractivity contribution in [3.05, 3.63) is 41.5 Å². The van der Waals surface area contributed by atoms with Gasteiger partial charge in [0.2, 0.25) is 0 Å². The van der Waals surface area contributed by atoms with Crippen LogP contribution in [0, 0.1) is 5.92 Å². The van der Waals surface area contributed by atoms with Crippen molar-refractivity contribution in [2.75, 3.05) is 13.7 Å². The molecule has 0 spiro atoms. The zero-order valence-electron chi connectivity index (χ0n) is 11.4. The number of carbonyl (C=O) groups is 2. The van der Waals surface area contributed by atoms with Gasteiger partial charge in [-0.1, -0.05) is 30.4 Å². The fourth-order valence-corrected chi connectivity index (χ4v) is 2.99. The third-order valence-electron chi connectivity index (χ3n) is 4.11. The molecular formula is C16H17NO3.